The molecule has 2 aromatic rings. The van der Waals surface area contributed by atoms with E-state index in [1.165, 1.54) is 6.33 Å². The molecule has 3 N–H and O–H groups in total. The van der Waals surface area contributed by atoms with Crippen LogP contribution in [0.5, 0.6) is 0 Å². The van der Waals surface area contributed by atoms with Crippen LogP contribution in [0.2, 0.25) is 0 Å². The maximum Gasteiger partial charge on any atom is 0.257 e. The number of sulfonamides is 1. The summed E-state index contributed by atoms with van der Waals surface area (Å²) in [6.45, 7) is -0.570. The summed E-state index contributed by atoms with van der Waals surface area (Å²) in [6.07, 6.45) is 0.591. The number of aliphatic hydroxyl groups excluding tert-OH is 1. The summed E-state index contributed by atoms with van der Waals surface area (Å²) in [5.74, 6) is -1.89. The van der Waals surface area contributed by atoms with Crippen LogP contribution in [0, 0.1) is 11.6 Å². The average molecular weight is 303 g/mol. The molecular weight excluding hydrogens is 292 g/mol. The first-order chi connectivity index (χ1) is 9.42. The number of nitrogens with zero attached hydrogens (tertiary/aromatic N) is 1. The number of hydrogen-bond acceptors (Lipinski definition) is 4. The number of H-pyrrole nitrogens is 1. The average Bonchev–Trinajstić information content (AvgIpc) is 2.91. The highest BCUT2D eigenvalue weighted by Gasteiger charge is 2.21. The third-order valence-corrected chi connectivity index (χ3v) is 3.91. The molecule has 2 rings (SSSR count). The molecule has 0 amide bonds. The van der Waals surface area contributed by atoms with Crippen molar-refractivity contribution in [2.45, 2.75) is 11.1 Å². The van der Waals surface area contributed by atoms with E-state index in [1.807, 2.05) is 4.72 Å². The van der Waals surface area contributed by atoms with Gasteiger partial charge in [-0.05, 0) is 12.1 Å². The highest BCUT2D eigenvalue weighted by Crippen LogP contribution is 2.20. The number of aliphatic hydroxyl groups is 1. The highest BCUT2D eigenvalue weighted by atomic mass is 32.2. The fraction of sp³-hybridized carbons (Fsp3) is 0.182. The third-order valence-electron chi connectivity index (χ3n) is 2.56. The fourth-order valence-electron chi connectivity index (χ4n) is 1.59. The Labute approximate surface area is 113 Å². The first-order valence-electron chi connectivity index (χ1n) is 5.52. The largest absolute Gasteiger partial charge is 0.387 e. The third kappa shape index (κ3) is 3.00. The Hall–Kier alpha value is -1.84. The number of hydrogen-bond donors (Lipinski definition) is 3. The van der Waals surface area contributed by atoms with Crippen molar-refractivity contribution in [2.75, 3.05) is 6.54 Å². The molecule has 9 heteroatoms. The van der Waals surface area contributed by atoms with Crippen LogP contribution in [0.4, 0.5) is 8.78 Å². The van der Waals surface area contributed by atoms with Gasteiger partial charge in [0.15, 0.2) is 5.03 Å². The summed E-state index contributed by atoms with van der Waals surface area (Å²) in [5, 5.41) is 9.50. The number of nitrogens with one attached hydrogen (secondary N) is 2. The first-order valence-corrected chi connectivity index (χ1v) is 7.00. The molecule has 0 bridgehead atoms. The SMILES string of the molecule is O=S(=O)(NCC(O)c1c(F)cccc1F)c1cnc[nH]1. The Balaban J connectivity index is 2.12. The van der Waals surface area contributed by atoms with E-state index in [4.69, 9.17) is 0 Å². The lowest BCUT2D eigenvalue weighted by molar-refractivity contribution is 0.172. The van der Waals surface area contributed by atoms with E-state index in [-0.39, 0.29) is 5.03 Å². The van der Waals surface area contributed by atoms with Crippen molar-refractivity contribution >= 4 is 10.0 Å². The summed E-state index contributed by atoms with van der Waals surface area (Å²) in [5.41, 5.74) is -0.584. The van der Waals surface area contributed by atoms with Crippen molar-refractivity contribution in [3.8, 4) is 0 Å². The van der Waals surface area contributed by atoms with Gasteiger partial charge in [-0.1, -0.05) is 6.07 Å². The predicted octanol–water partition coefficient (Wildman–Crippen LogP) is 0.700. The Morgan fingerprint density at radius 1 is 1.35 bits per heavy atom. The molecule has 0 spiro atoms. The standard InChI is InChI=1S/C11H11F2N3O3S/c12-7-2-1-3-8(13)11(7)9(17)4-16-20(18,19)10-5-14-6-15-10/h1-3,5-6,9,16-17H,4H2,(H,14,15). The normalized spacial score (nSPS) is 13.3. The van der Waals surface area contributed by atoms with Gasteiger partial charge in [0, 0.05) is 6.54 Å². The number of halogens is 2. The Morgan fingerprint density at radius 3 is 2.55 bits per heavy atom. The van der Waals surface area contributed by atoms with Crippen LogP contribution in [-0.2, 0) is 10.0 Å². The van der Waals surface area contributed by atoms with E-state index in [2.05, 4.69) is 9.97 Å². The topological polar surface area (TPSA) is 95.1 Å². The van der Waals surface area contributed by atoms with Crippen molar-refractivity contribution in [3.63, 3.8) is 0 Å². The van der Waals surface area contributed by atoms with Crippen LogP contribution in [0.15, 0.2) is 35.7 Å². The molecular formula is C11H11F2N3O3S. The minimum absolute atomic E-state index is 0.210. The zero-order valence-electron chi connectivity index (χ0n) is 10.0. The zero-order chi connectivity index (χ0) is 14.8. The van der Waals surface area contributed by atoms with Crippen molar-refractivity contribution in [1.29, 1.82) is 0 Å². The molecule has 1 atom stereocenters. The summed E-state index contributed by atoms with van der Waals surface area (Å²) in [6, 6.07) is 3.10. The van der Waals surface area contributed by atoms with E-state index in [0.29, 0.717) is 0 Å². The van der Waals surface area contributed by atoms with Gasteiger partial charge < -0.3 is 10.1 Å². The van der Waals surface area contributed by atoms with Crippen LogP contribution in [0.3, 0.4) is 0 Å². The minimum atomic E-state index is -3.92. The van der Waals surface area contributed by atoms with Gasteiger partial charge in [-0.15, -0.1) is 0 Å². The zero-order valence-corrected chi connectivity index (χ0v) is 10.9. The van der Waals surface area contributed by atoms with Gasteiger partial charge in [0.25, 0.3) is 10.0 Å². The lowest BCUT2D eigenvalue weighted by Gasteiger charge is -2.13. The van der Waals surface area contributed by atoms with Gasteiger partial charge in [0.1, 0.15) is 11.6 Å². The van der Waals surface area contributed by atoms with E-state index in [0.717, 1.165) is 24.4 Å². The number of aromatic amines is 1. The molecule has 1 aromatic heterocycles. The maximum atomic E-state index is 13.4. The monoisotopic (exact) mass is 303 g/mol. The van der Waals surface area contributed by atoms with Crippen LogP contribution < -0.4 is 4.72 Å². The Kier molecular flexibility index (Phi) is 4.12. The molecule has 20 heavy (non-hydrogen) atoms. The molecule has 0 aliphatic carbocycles. The van der Waals surface area contributed by atoms with Crippen molar-refractivity contribution in [1.82, 2.24) is 14.7 Å². The molecule has 0 fully saturated rings. The minimum Gasteiger partial charge on any atom is -0.387 e. The predicted molar refractivity (Wildman–Crippen MR) is 65.1 cm³/mol. The number of benzene rings is 1. The summed E-state index contributed by atoms with van der Waals surface area (Å²) in [7, 11) is -3.92. The van der Waals surface area contributed by atoms with Crippen molar-refractivity contribution < 1.29 is 22.3 Å². The number of aromatic nitrogens is 2. The second-order valence-electron chi connectivity index (χ2n) is 3.92. The molecule has 108 valence electrons. The van der Waals surface area contributed by atoms with Gasteiger partial charge in [-0.25, -0.2) is 26.9 Å². The number of imidazole rings is 1. The highest BCUT2D eigenvalue weighted by molar-refractivity contribution is 7.89. The van der Waals surface area contributed by atoms with Crippen molar-refractivity contribution in [2.24, 2.45) is 0 Å². The molecule has 6 nitrogen and oxygen atoms in total. The molecule has 1 aromatic carbocycles. The van der Waals surface area contributed by atoms with E-state index in [9.17, 15) is 22.3 Å². The van der Waals surface area contributed by atoms with Crippen LogP contribution >= 0.6 is 0 Å². The van der Waals surface area contributed by atoms with E-state index in [1.54, 1.807) is 0 Å². The van der Waals surface area contributed by atoms with Crippen LogP contribution in [0.25, 0.3) is 0 Å². The van der Waals surface area contributed by atoms with E-state index < -0.39 is 39.9 Å². The second-order valence-corrected chi connectivity index (χ2v) is 5.65. The van der Waals surface area contributed by atoms with Gasteiger partial charge in [0.05, 0.1) is 24.2 Å². The lowest BCUT2D eigenvalue weighted by Crippen LogP contribution is -2.29. The van der Waals surface area contributed by atoms with Crippen LogP contribution in [0.1, 0.15) is 11.7 Å². The molecule has 0 aliphatic heterocycles. The van der Waals surface area contributed by atoms with Gasteiger partial charge in [0.2, 0.25) is 0 Å². The first kappa shape index (κ1) is 14.6. The molecule has 0 saturated carbocycles. The molecule has 0 radical (unpaired) electrons. The molecule has 0 saturated heterocycles. The van der Waals surface area contributed by atoms with Crippen molar-refractivity contribution in [3.05, 3.63) is 47.9 Å². The van der Waals surface area contributed by atoms with E-state index >= 15 is 0 Å². The quantitative estimate of drug-likeness (QED) is 0.757. The molecule has 0 aliphatic rings. The summed E-state index contributed by atoms with van der Waals surface area (Å²) >= 11 is 0. The van der Waals surface area contributed by atoms with Crippen LogP contribution in [-0.4, -0.2) is 30.0 Å². The molecule has 1 heterocycles. The summed E-state index contributed by atoms with van der Waals surface area (Å²) in [4.78, 5) is 5.92. The number of rotatable bonds is 5. The van der Waals surface area contributed by atoms with Gasteiger partial charge >= 0.3 is 0 Å². The lowest BCUT2D eigenvalue weighted by atomic mass is 10.1. The summed E-state index contributed by atoms with van der Waals surface area (Å²) < 4.78 is 52.3. The Morgan fingerprint density at radius 2 is 2.00 bits per heavy atom. The molecule has 1 unspecified atom stereocenters. The van der Waals surface area contributed by atoms with Gasteiger partial charge in [-0.3, -0.25) is 0 Å². The fourth-order valence-corrected chi connectivity index (χ4v) is 2.53. The second kappa shape index (κ2) is 5.65. The Bertz CT molecular complexity index is 669. The maximum absolute atomic E-state index is 13.4. The van der Waals surface area contributed by atoms with Gasteiger partial charge in [-0.2, -0.15) is 0 Å². The smallest absolute Gasteiger partial charge is 0.257 e.